The zero-order valence-electron chi connectivity index (χ0n) is 11.1. The zero-order chi connectivity index (χ0) is 14.7. The van der Waals surface area contributed by atoms with Crippen LogP contribution in [0.25, 0.3) is 0 Å². The normalized spacial score (nSPS) is 18.8. The van der Waals surface area contributed by atoms with Crippen molar-refractivity contribution < 1.29 is 18.7 Å². The molecule has 0 aromatic heterocycles. The number of esters is 1. The van der Waals surface area contributed by atoms with Crippen LogP contribution in [-0.4, -0.2) is 36.5 Å². The Morgan fingerprint density at radius 2 is 2.15 bits per heavy atom. The molecule has 4 nitrogen and oxygen atoms in total. The number of ether oxygens (including phenoxy) is 1. The molecule has 0 spiro atoms. The summed E-state index contributed by atoms with van der Waals surface area (Å²) in [6.07, 6.45) is 2.14. The van der Waals surface area contributed by atoms with Gasteiger partial charge in [-0.05, 0) is 31.4 Å². The molecule has 1 fully saturated rings. The largest absolute Gasteiger partial charge is 0.467 e. The van der Waals surface area contributed by atoms with E-state index in [4.69, 9.17) is 16.3 Å². The lowest BCUT2D eigenvalue weighted by atomic mass is 10.0. The van der Waals surface area contributed by atoms with Crippen LogP contribution in [0.5, 0.6) is 0 Å². The van der Waals surface area contributed by atoms with Crippen LogP contribution in [-0.2, 0) is 9.53 Å². The molecule has 1 aromatic carbocycles. The van der Waals surface area contributed by atoms with Gasteiger partial charge in [0.05, 0.1) is 17.7 Å². The zero-order valence-corrected chi connectivity index (χ0v) is 11.8. The lowest BCUT2D eigenvalue weighted by Gasteiger charge is -2.33. The average Bonchev–Trinajstić information content (AvgIpc) is 2.48. The summed E-state index contributed by atoms with van der Waals surface area (Å²) in [6, 6.07) is 3.60. The molecular formula is C14H15ClFNO3. The third kappa shape index (κ3) is 2.77. The minimum Gasteiger partial charge on any atom is -0.467 e. The Balaban J connectivity index is 2.30. The van der Waals surface area contributed by atoms with Crippen LogP contribution >= 0.6 is 11.6 Å². The number of carbonyl (C=O) groups is 2. The van der Waals surface area contributed by atoms with E-state index in [0.29, 0.717) is 13.0 Å². The summed E-state index contributed by atoms with van der Waals surface area (Å²) in [5, 5.41) is -0.109. The van der Waals surface area contributed by atoms with Crippen molar-refractivity contribution in [1.29, 1.82) is 0 Å². The van der Waals surface area contributed by atoms with Crippen molar-refractivity contribution in [1.82, 2.24) is 4.90 Å². The molecule has 2 rings (SSSR count). The van der Waals surface area contributed by atoms with Crippen molar-refractivity contribution in [2.45, 2.75) is 25.3 Å². The quantitative estimate of drug-likeness (QED) is 0.789. The summed E-state index contributed by atoms with van der Waals surface area (Å²) in [5.74, 6) is -1.76. The van der Waals surface area contributed by atoms with E-state index in [-0.39, 0.29) is 10.6 Å². The molecule has 1 amide bonds. The van der Waals surface area contributed by atoms with Crippen LogP contribution in [0.15, 0.2) is 18.2 Å². The minimum absolute atomic E-state index is 0.109. The SMILES string of the molecule is COC(=O)C1CCCCN1C(=O)c1cccc(Cl)c1F. The van der Waals surface area contributed by atoms with Gasteiger partial charge in [-0.15, -0.1) is 0 Å². The van der Waals surface area contributed by atoms with Gasteiger partial charge in [0, 0.05) is 6.54 Å². The standard InChI is InChI=1S/C14H15ClFNO3/c1-20-14(19)11-7-2-3-8-17(11)13(18)9-5-4-6-10(15)12(9)16/h4-6,11H,2-3,7-8H2,1H3. The Hall–Kier alpha value is -1.62. The second kappa shape index (κ2) is 6.22. The molecule has 108 valence electrons. The fraction of sp³-hybridized carbons (Fsp3) is 0.429. The van der Waals surface area contributed by atoms with Gasteiger partial charge in [-0.1, -0.05) is 17.7 Å². The predicted octanol–water partition coefficient (Wildman–Crippen LogP) is 2.65. The Morgan fingerprint density at radius 1 is 1.40 bits per heavy atom. The number of nitrogens with zero attached hydrogens (tertiary/aromatic N) is 1. The van der Waals surface area contributed by atoms with Gasteiger partial charge in [-0.3, -0.25) is 4.79 Å². The lowest BCUT2D eigenvalue weighted by Crippen LogP contribution is -2.48. The van der Waals surface area contributed by atoms with E-state index < -0.39 is 23.7 Å². The lowest BCUT2D eigenvalue weighted by molar-refractivity contribution is -0.147. The first-order valence-corrected chi connectivity index (χ1v) is 6.77. The van der Waals surface area contributed by atoms with Gasteiger partial charge in [0.15, 0.2) is 5.82 Å². The van der Waals surface area contributed by atoms with E-state index >= 15 is 0 Å². The maximum absolute atomic E-state index is 13.9. The molecule has 1 saturated heterocycles. The third-order valence-corrected chi connectivity index (χ3v) is 3.71. The number of amides is 1. The van der Waals surface area contributed by atoms with Gasteiger partial charge in [-0.2, -0.15) is 0 Å². The Bertz CT molecular complexity index is 535. The molecule has 1 aliphatic heterocycles. The van der Waals surface area contributed by atoms with E-state index in [1.807, 2.05) is 0 Å². The molecule has 0 radical (unpaired) electrons. The molecule has 0 N–H and O–H groups in total. The molecule has 1 aromatic rings. The highest BCUT2D eigenvalue weighted by molar-refractivity contribution is 6.31. The van der Waals surface area contributed by atoms with Gasteiger partial charge >= 0.3 is 5.97 Å². The molecule has 20 heavy (non-hydrogen) atoms. The Kier molecular flexibility index (Phi) is 4.60. The summed E-state index contributed by atoms with van der Waals surface area (Å²) >= 11 is 5.69. The second-order valence-electron chi connectivity index (χ2n) is 4.63. The van der Waals surface area contributed by atoms with Crippen LogP contribution in [0.2, 0.25) is 5.02 Å². The monoisotopic (exact) mass is 299 g/mol. The highest BCUT2D eigenvalue weighted by atomic mass is 35.5. The molecule has 1 heterocycles. The summed E-state index contributed by atoms with van der Waals surface area (Å²) < 4.78 is 18.6. The van der Waals surface area contributed by atoms with Crippen molar-refractivity contribution in [2.24, 2.45) is 0 Å². The third-order valence-electron chi connectivity index (χ3n) is 3.42. The molecular weight excluding hydrogens is 285 g/mol. The van der Waals surface area contributed by atoms with Gasteiger partial charge < -0.3 is 9.64 Å². The maximum Gasteiger partial charge on any atom is 0.328 e. The van der Waals surface area contributed by atoms with Crippen molar-refractivity contribution in [3.63, 3.8) is 0 Å². The molecule has 0 aliphatic carbocycles. The Morgan fingerprint density at radius 3 is 2.85 bits per heavy atom. The van der Waals surface area contributed by atoms with Crippen molar-refractivity contribution in [3.05, 3.63) is 34.6 Å². The minimum atomic E-state index is -0.756. The number of benzene rings is 1. The van der Waals surface area contributed by atoms with E-state index in [9.17, 15) is 14.0 Å². The number of piperidine rings is 1. The van der Waals surface area contributed by atoms with Crippen molar-refractivity contribution >= 4 is 23.5 Å². The average molecular weight is 300 g/mol. The number of rotatable bonds is 2. The fourth-order valence-electron chi connectivity index (χ4n) is 2.38. The first-order valence-electron chi connectivity index (χ1n) is 6.39. The van der Waals surface area contributed by atoms with E-state index in [1.165, 1.54) is 30.2 Å². The number of halogens is 2. The van der Waals surface area contributed by atoms with E-state index in [1.54, 1.807) is 0 Å². The number of hydrogen-bond acceptors (Lipinski definition) is 3. The topological polar surface area (TPSA) is 46.6 Å². The molecule has 0 bridgehead atoms. The van der Waals surface area contributed by atoms with Crippen molar-refractivity contribution in [2.75, 3.05) is 13.7 Å². The number of likely N-dealkylation sites (tertiary alicyclic amines) is 1. The van der Waals surface area contributed by atoms with Crippen LogP contribution in [0, 0.1) is 5.82 Å². The first-order chi connectivity index (χ1) is 9.56. The molecule has 6 heteroatoms. The van der Waals surface area contributed by atoms with E-state index in [2.05, 4.69) is 0 Å². The summed E-state index contributed by atoms with van der Waals surface area (Å²) in [7, 11) is 1.28. The van der Waals surface area contributed by atoms with Crippen LogP contribution in [0.1, 0.15) is 29.6 Å². The van der Waals surface area contributed by atoms with Gasteiger partial charge in [0.1, 0.15) is 6.04 Å². The van der Waals surface area contributed by atoms with Crippen LogP contribution in [0.3, 0.4) is 0 Å². The fourth-order valence-corrected chi connectivity index (χ4v) is 2.55. The van der Waals surface area contributed by atoms with Crippen LogP contribution < -0.4 is 0 Å². The molecule has 1 atom stereocenters. The smallest absolute Gasteiger partial charge is 0.328 e. The van der Waals surface area contributed by atoms with Crippen molar-refractivity contribution in [3.8, 4) is 0 Å². The summed E-state index contributed by atoms with van der Waals surface area (Å²) in [6.45, 7) is 0.407. The van der Waals surface area contributed by atoms with E-state index in [0.717, 1.165) is 12.8 Å². The number of methoxy groups -OCH3 is 1. The summed E-state index contributed by atoms with van der Waals surface area (Å²) in [4.78, 5) is 25.5. The summed E-state index contributed by atoms with van der Waals surface area (Å²) in [5.41, 5.74) is -0.117. The molecule has 1 unspecified atom stereocenters. The van der Waals surface area contributed by atoms with Gasteiger partial charge in [0.25, 0.3) is 5.91 Å². The molecule has 0 saturated carbocycles. The second-order valence-corrected chi connectivity index (χ2v) is 5.04. The number of hydrogen-bond donors (Lipinski definition) is 0. The first kappa shape index (κ1) is 14.8. The van der Waals surface area contributed by atoms with Gasteiger partial charge in [-0.25, -0.2) is 9.18 Å². The number of carbonyl (C=O) groups excluding carboxylic acids is 2. The van der Waals surface area contributed by atoms with Crippen LogP contribution in [0.4, 0.5) is 4.39 Å². The highest BCUT2D eigenvalue weighted by Crippen LogP contribution is 2.24. The predicted molar refractivity (Wildman–Crippen MR) is 72.1 cm³/mol. The highest BCUT2D eigenvalue weighted by Gasteiger charge is 2.34. The maximum atomic E-state index is 13.9. The molecule has 1 aliphatic rings. The Labute approximate surface area is 121 Å². The van der Waals surface area contributed by atoms with Gasteiger partial charge in [0.2, 0.25) is 0 Å².